The Morgan fingerprint density at radius 1 is 1.19 bits per heavy atom. The Kier molecular flexibility index (Phi) is 5.64. The molecule has 1 aromatic carbocycles. The summed E-state index contributed by atoms with van der Waals surface area (Å²) < 4.78 is 14.4. The molecule has 2 nitrogen and oxygen atoms in total. The lowest BCUT2D eigenvalue weighted by atomic mass is 9.78. The molecule has 21 heavy (non-hydrogen) atoms. The summed E-state index contributed by atoms with van der Waals surface area (Å²) in [7, 11) is 6.15. The minimum atomic E-state index is -0.215. The number of halogens is 2. The molecule has 1 aliphatic rings. The molecule has 1 aliphatic carbocycles. The van der Waals surface area contributed by atoms with Crippen LogP contribution in [0.5, 0.6) is 0 Å². The molecule has 1 aromatic rings. The Labute approximate surface area is 132 Å². The molecule has 0 radical (unpaired) electrons. The molecular weight excluding hydrogens is 287 g/mol. The molecular formula is C17H26ClFN2. The minimum absolute atomic E-state index is 0.0251. The van der Waals surface area contributed by atoms with Crippen LogP contribution in [0.3, 0.4) is 0 Å². The van der Waals surface area contributed by atoms with E-state index in [2.05, 4.69) is 24.3 Å². The lowest BCUT2D eigenvalue weighted by Gasteiger charge is -2.46. The van der Waals surface area contributed by atoms with Gasteiger partial charge in [-0.15, -0.1) is 0 Å². The van der Waals surface area contributed by atoms with Gasteiger partial charge in [-0.25, -0.2) is 4.39 Å². The average molecular weight is 313 g/mol. The van der Waals surface area contributed by atoms with Gasteiger partial charge in [-0.3, -0.25) is 0 Å². The van der Waals surface area contributed by atoms with Crippen molar-refractivity contribution in [1.29, 1.82) is 0 Å². The van der Waals surface area contributed by atoms with Crippen molar-refractivity contribution in [2.75, 3.05) is 21.1 Å². The SMILES string of the molecule is CNC(c1ccc(Cl)cc1F)C1(N(C)C)CCCCCC1. The Hall–Kier alpha value is -0.640. The maximum atomic E-state index is 14.4. The Balaban J connectivity index is 2.44. The van der Waals surface area contributed by atoms with Gasteiger partial charge in [0.15, 0.2) is 0 Å². The van der Waals surface area contributed by atoms with Crippen LogP contribution in [-0.4, -0.2) is 31.6 Å². The van der Waals surface area contributed by atoms with Gasteiger partial charge >= 0.3 is 0 Å². The molecule has 0 saturated heterocycles. The summed E-state index contributed by atoms with van der Waals surface area (Å²) in [5.74, 6) is -0.215. The molecule has 1 saturated carbocycles. The molecule has 2 rings (SSSR count). The van der Waals surface area contributed by atoms with E-state index >= 15 is 0 Å². The first-order chi connectivity index (χ1) is 10.0. The first-order valence-electron chi connectivity index (χ1n) is 7.81. The molecule has 4 heteroatoms. The molecule has 118 valence electrons. The maximum Gasteiger partial charge on any atom is 0.129 e. The van der Waals surface area contributed by atoms with Crippen molar-refractivity contribution < 1.29 is 4.39 Å². The Bertz CT molecular complexity index is 468. The van der Waals surface area contributed by atoms with Crippen molar-refractivity contribution in [3.05, 3.63) is 34.6 Å². The molecule has 1 N–H and O–H groups in total. The van der Waals surface area contributed by atoms with Gasteiger partial charge in [-0.2, -0.15) is 0 Å². The van der Waals surface area contributed by atoms with Crippen LogP contribution >= 0.6 is 11.6 Å². The zero-order chi connectivity index (χ0) is 15.5. The van der Waals surface area contributed by atoms with Gasteiger partial charge in [-0.05, 0) is 46.1 Å². The summed E-state index contributed by atoms with van der Waals surface area (Å²) in [4.78, 5) is 2.29. The number of nitrogens with zero attached hydrogens (tertiary/aromatic N) is 1. The predicted molar refractivity (Wildman–Crippen MR) is 87.3 cm³/mol. The Morgan fingerprint density at radius 2 is 1.81 bits per heavy atom. The number of hydrogen-bond donors (Lipinski definition) is 1. The molecule has 0 spiro atoms. The monoisotopic (exact) mass is 312 g/mol. The lowest BCUT2D eigenvalue weighted by Crippen LogP contribution is -2.53. The van der Waals surface area contributed by atoms with Gasteiger partial charge in [0.05, 0.1) is 6.04 Å². The van der Waals surface area contributed by atoms with E-state index in [1.54, 1.807) is 6.07 Å². The largest absolute Gasteiger partial charge is 0.311 e. The third-order valence-corrected chi connectivity index (χ3v) is 5.19. The Morgan fingerprint density at radius 3 is 2.29 bits per heavy atom. The van der Waals surface area contributed by atoms with E-state index in [1.807, 2.05) is 13.1 Å². The van der Waals surface area contributed by atoms with Crippen molar-refractivity contribution >= 4 is 11.6 Å². The van der Waals surface area contributed by atoms with Crippen LogP contribution in [0.15, 0.2) is 18.2 Å². The van der Waals surface area contributed by atoms with Crippen molar-refractivity contribution in [1.82, 2.24) is 10.2 Å². The first-order valence-corrected chi connectivity index (χ1v) is 8.19. The van der Waals surface area contributed by atoms with Gasteiger partial charge in [0.25, 0.3) is 0 Å². The maximum absolute atomic E-state index is 14.4. The fourth-order valence-electron chi connectivity index (χ4n) is 3.78. The standard InChI is InChI=1S/C17H26ClFN2/c1-20-16(14-9-8-13(18)12-15(14)19)17(21(2)3)10-6-4-5-7-11-17/h8-9,12,16,20H,4-7,10-11H2,1-3H3. The third-order valence-electron chi connectivity index (χ3n) is 4.96. The van der Waals surface area contributed by atoms with E-state index in [4.69, 9.17) is 11.6 Å². The smallest absolute Gasteiger partial charge is 0.129 e. The zero-order valence-electron chi connectivity index (χ0n) is 13.3. The summed E-state index contributed by atoms with van der Waals surface area (Å²) in [6.07, 6.45) is 7.13. The summed E-state index contributed by atoms with van der Waals surface area (Å²) in [5, 5.41) is 3.82. The molecule has 0 bridgehead atoms. The highest BCUT2D eigenvalue weighted by Gasteiger charge is 2.41. The van der Waals surface area contributed by atoms with Crippen molar-refractivity contribution in [3.8, 4) is 0 Å². The summed E-state index contributed by atoms with van der Waals surface area (Å²) in [6, 6.07) is 5.00. The van der Waals surface area contributed by atoms with Crippen LogP contribution in [0.4, 0.5) is 4.39 Å². The predicted octanol–water partition coefficient (Wildman–Crippen LogP) is 4.39. The second-order valence-electron chi connectivity index (χ2n) is 6.30. The summed E-state index contributed by atoms with van der Waals surface area (Å²) in [6.45, 7) is 0. The number of nitrogens with one attached hydrogen (secondary N) is 1. The van der Waals surface area contributed by atoms with Crippen LogP contribution in [0, 0.1) is 5.82 Å². The van der Waals surface area contributed by atoms with Gasteiger partial charge in [-0.1, -0.05) is 43.4 Å². The van der Waals surface area contributed by atoms with Gasteiger partial charge in [0, 0.05) is 16.1 Å². The molecule has 0 aromatic heterocycles. The molecule has 1 unspecified atom stereocenters. The van der Waals surface area contributed by atoms with Crippen LogP contribution in [0.2, 0.25) is 5.02 Å². The normalized spacial score (nSPS) is 20.3. The average Bonchev–Trinajstić information content (AvgIpc) is 2.69. The second kappa shape index (κ2) is 7.08. The van der Waals surface area contributed by atoms with E-state index in [9.17, 15) is 4.39 Å². The highest BCUT2D eigenvalue weighted by molar-refractivity contribution is 6.30. The third kappa shape index (κ3) is 3.41. The fourth-order valence-corrected chi connectivity index (χ4v) is 3.94. The highest BCUT2D eigenvalue weighted by Crippen LogP contribution is 2.41. The number of hydrogen-bond acceptors (Lipinski definition) is 2. The van der Waals surface area contributed by atoms with E-state index < -0.39 is 0 Å². The molecule has 0 heterocycles. The van der Waals surface area contributed by atoms with E-state index in [-0.39, 0.29) is 17.4 Å². The number of benzene rings is 1. The quantitative estimate of drug-likeness (QED) is 0.829. The molecule has 1 atom stereocenters. The fraction of sp³-hybridized carbons (Fsp3) is 0.647. The number of rotatable bonds is 4. The topological polar surface area (TPSA) is 15.3 Å². The van der Waals surface area contributed by atoms with Crippen LogP contribution in [-0.2, 0) is 0 Å². The molecule has 0 amide bonds. The van der Waals surface area contributed by atoms with Gasteiger partial charge in [0.1, 0.15) is 5.82 Å². The molecule has 1 fully saturated rings. The van der Waals surface area contributed by atoms with Gasteiger partial charge in [0.2, 0.25) is 0 Å². The van der Waals surface area contributed by atoms with Crippen molar-refractivity contribution in [2.45, 2.75) is 50.1 Å². The van der Waals surface area contributed by atoms with Gasteiger partial charge < -0.3 is 10.2 Å². The van der Waals surface area contributed by atoms with E-state index in [0.717, 1.165) is 18.4 Å². The van der Waals surface area contributed by atoms with Crippen LogP contribution in [0.1, 0.15) is 50.1 Å². The highest BCUT2D eigenvalue weighted by atomic mass is 35.5. The second-order valence-corrected chi connectivity index (χ2v) is 6.74. The molecule has 0 aliphatic heterocycles. The van der Waals surface area contributed by atoms with Crippen molar-refractivity contribution in [2.24, 2.45) is 0 Å². The van der Waals surface area contributed by atoms with Crippen LogP contribution < -0.4 is 5.32 Å². The van der Waals surface area contributed by atoms with Crippen molar-refractivity contribution in [3.63, 3.8) is 0 Å². The summed E-state index contributed by atoms with van der Waals surface area (Å²) >= 11 is 5.90. The lowest BCUT2D eigenvalue weighted by molar-refractivity contribution is 0.0819. The minimum Gasteiger partial charge on any atom is -0.311 e. The summed E-state index contributed by atoms with van der Waals surface area (Å²) in [5.41, 5.74) is 0.678. The van der Waals surface area contributed by atoms with E-state index in [0.29, 0.717) is 5.02 Å². The van der Waals surface area contributed by atoms with E-state index in [1.165, 1.54) is 31.7 Å². The first kappa shape index (κ1) is 16.7. The number of likely N-dealkylation sites (N-methyl/N-ethyl adjacent to an activating group) is 2. The van der Waals surface area contributed by atoms with Crippen LogP contribution in [0.25, 0.3) is 0 Å². The zero-order valence-corrected chi connectivity index (χ0v) is 14.0.